The Labute approximate surface area is 99.9 Å². The number of aromatic nitrogens is 1. The van der Waals surface area contributed by atoms with Crippen LogP contribution in [0.1, 0.15) is 30.4 Å². The minimum atomic E-state index is 0.577. The highest BCUT2D eigenvalue weighted by molar-refractivity contribution is 8.14. The van der Waals surface area contributed by atoms with Gasteiger partial charge < -0.3 is 9.84 Å². The lowest BCUT2D eigenvalue weighted by Gasteiger charge is -2.04. The third kappa shape index (κ3) is 2.40. The van der Waals surface area contributed by atoms with Crippen molar-refractivity contribution in [2.24, 2.45) is 4.99 Å². The molecule has 1 saturated heterocycles. The van der Waals surface area contributed by atoms with Crippen molar-refractivity contribution in [1.82, 2.24) is 10.5 Å². The van der Waals surface area contributed by atoms with Gasteiger partial charge in [0.1, 0.15) is 5.76 Å². The Morgan fingerprint density at radius 2 is 2.38 bits per heavy atom. The molecule has 0 saturated carbocycles. The molecule has 1 aromatic heterocycles. The van der Waals surface area contributed by atoms with Crippen molar-refractivity contribution >= 4 is 16.9 Å². The van der Waals surface area contributed by atoms with Crippen molar-refractivity contribution in [2.75, 3.05) is 5.75 Å². The van der Waals surface area contributed by atoms with Crippen LogP contribution in [0.4, 0.5) is 0 Å². The van der Waals surface area contributed by atoms with Gasteiger partial charge in [0.25, 0.3) is 0 Å². The van der Waals surface area contributed by atoms with Crippen LogP contribution in [0.25, 0.3) is 0 Å². The van der Waals surface area contributed by atoms with Gasteiger partial charge in [0, 0.05) is 17.4 Å². The molecule has 0 amide bonds. The number of thioether (sulfide) groups is 1. The number of hydrogen-bond acceptors (Lipinski definition) is 4. The maximum atomic E-state index is 5.11. The molecule has 1 atom stereocenters. The molecule has 16 heavy (non-hydrogen) atoms. The second kappa shape index (κ2) is 4.91. The first kappa shape index (κ1) is 11.5. The van der Waals surface area contributed by atoms with Gasteiger partial charge in [-0.25, -0.2) is 0 Å². The van der Waals surface area contributed by atoms with Crippen LogP contribution < -0.4 is 5.32 Å². The molecule has 0 aliphatic carbocycles. The van der Waals surface area contributed by atoms with Gasteiger partial charge >= 0.3 is 0 Å². The van der Waals surface area contributed by atoms with E-state index in [0.717, 1.165) is 34.4 Å². The van der Waals surface area contributed by atoms with E-state index < -0.39 is 0 Å². The minimum absolute atomic E-state index is 0.577. The van der Waals surface area contributed by atoms with Crippen LogP contribution in [0.2, 0.25) is 0 Å². The minimum Gasteiger partial charge on any atom is -0.361 e. The fourth-order valence-electron chi connectivity index (χ4n) is 1.63. The van der Waals surface area contributed by atoms with Crippen molar-refractivity contribution in [3.63, 3.8) is 0 Å². The van der Waals surface area contributed by atoms with E-state index in [1.165, 1.54) is 0 Å². The molecule has 1 aliphatic rings. The molecule has 5 heteroatoms. The summed E-state index contributed by atoms with van der Waals surface area (Å²) < 4.78 is 5.11. The van der Waals surface area contributed by atoms with Gasteiger partial charge in [-0.05, 0) is 20.3 Å². The maximum absolute atomic E-state index is 5.11. The van der Waals surface area contributed by atoms with Gasteiger partial charge in [0.2, 0.25) is 0 Å². The molecule has 2 heterocycles. The zero-order valence-corrected chi connectivity index (χ0v) is 10.7. The molecule has 0 aromatic carbocycles. The molecular weight excluding hydrogens is 222 g/mol. The summed E-state index contributed by atoms with van der Waals surface area (Å²) in [5.74, 6) is 1.99. The molecule has 1 N–H and O–H groups in total. The molecule has 1 aromatic rings. The lowest BCUT2D eigenvalue weighted by molar-refractivity contribution is 0.392. The van der Waals surface area contributed by atoms with Crippen LogP contribution in [-0.2, 0) is 6.54 Å². The third-order valence-corrected chi connectivity index (χ3v) is 3.89. The Bertz CT molecular complexity index is 380. The average molecular weight is 239 g/mol. The highest BCUT2D eigenvalue weighted by Crippen LogP contribution is 2.18. The zero-order chi connectivity index (χ0) is 11.5. The number of rotatable bonds is 3. The predicted octanol–water partition coefficient (Wildman–Crippen LogP) is 2.26. The highest BCUT2D eigenvalue weighted by atomic mass is 32.2. The summed E-state index contributed by atoms with van der Waals surface area (Å²) in [7, 11) is 0. The Balaban J connectivity index is 1.99. The monoisotopic (exact) mass is 239 g/mol. The second-order valence-electron chi connectivity index (χ2n) is 3.98. The van der Waals surface area contributed by atoms with Crippen LogP contribution in [-0.4, -0.2) is 22.1 Å². The number of nitrogens with zero attached hydrogens (tertiary/aromatic N) is 2. The summed E-state index contributed by atoms with van der Waals surface area (Å²) in [4.78, 5) is 4.55. The maximum Gasteiger partial charge on any atom is 0.157 e. The molecule has 2 rings (SSSR count). The third-order valence-electron chi connectivity index (χ3n) is 2.80. The molecule has 1 unspecified atom stereocenters. The largest absolute Gasteiger partial charge is 0.361 e. The standard InChI is InChI=1S/C11H17N3OS/c1-4-9-6-16-11(13-9)12-5-10-7(2)14-15-8(10)3/h9H,4-6H2,1-3H3,(H,12,13). The first-order valence-electron chi connectivity index (χ1n) is 5.56. The highest BCUT2D eigenvalue weighted by Gasteiger charge is 2.18. The van der Waals surface area contributed by atoms with E-state index in [9.17, 15) is 0 Å². The van der Waals surface area contributed by atoms with E-state index in [4.69, 9.17) is 4.52 Å². The summed E-state index contributed by atoms with van der Waals surface area (Å²) in [5.41, 5.74) is 2.05. The number of amidine groups is 1. The van der Waals surface area contributed by atoms with E-state index >= 15 is 0 Å². The molecule has 4 nitrogen and oxygen atoms in total. The van der Waals surface area contributed by atoms with Crippen molar-refractivity contribution in [3.05, 3.63) is 17.0 Å². The fourth-order valence-corrected chi connectivity index (χ4v) is 2.71. The summed E-state index contributed by atoms with van der Waals surface area (Å²) in [5, 5.41) is 8.37. The van der Waals surface area contributed by atoms with E-state index in [1.807, 2.05) is 13.8 Å². The molecular formula is C11H17N3OS. The van der Waals surface area contributed by atoms with Crippen molar-refractivity contribution in [3.8, 4) is 0 Å². The Hall–Kier alpha value is -0.970. The number of aliphatic imine (C=N–C) groups is 1. The van der Waals surface area contributed by atoms with Crippen LogP contribution >= 0.6 is 11.8 Å². The molecule has 0 bridgehead atoms. The summed E-state index contributed by atoms with van der Waals surface area (Å²) in [6, 6.07) is 0.577. The zero-order valence-electron chi connectivity index (χ0n) is 9.91. The Kier molecular flexibility index (Phi) is 3.53. The first-order valence-corrected chi connectivity index (χ1v) is 6.54. The number of nitrogens with one attached hydrogen (secondary N) is 1. The fraction of sp³-hybridized carbons (Fsp3) is 0.636. The molecule has 88 valence electrons. The van der Waals surface area contributed by atoms with Gasteiger partial charge in [-0.2, -0.15) is 0 Å². The number of aryl methyl sites for hydroxylation is 2. The molecule has 1 aliphatic heterocycles. The van der Waals surface area contributed by atoms with Crippen molar-refractivity contribution in [1.29, 1.82) is 0 Å². The van der Waals surface area contributed by atoms with Crippen molar-refractivity contribution in [2.45, 2.75) is 39.8 Å². The number of hydrogen-bond donors (Lipinski definition) is 1. The van der Waals surface area contributed by atoms with Gasteiger partial charge in [-0.3, -0.25) is 4.99 Å². The smallest absolute Gasteiger partial charge is 0.157 e. The van der Waals surface area contributed by atoms with E-state index in [0.29, 0.717) is 12.6 Å². The molecule has 1 fully saturated rings. The van der Waals surface area contributed by atoms with E-state index in [1.54, 1.807) is 11.8 Å². The van der Waals surface area contributed by atoms with Gasteiger partial charge in [0.05, 0.1) is 12.2 Å². The van der Waals surface area contributed by atoms with Crippen molar-refractivity contribution < 1.29 is 4.52 Å². The van der Waals surface area contributed by atoms with Crippen LogP contribution in [0, 0.1) is 13.8 Å². The van der Waals surface area contributed by atoms with E-state index in [2.05, 4.69) is 22.4 Å². The van der Waals surface area contributed by atoms with Crippen LogP contribution in [0.15, 0.2) is 9.52 Å². The Morgan fingerprint density at radius 1 is 1.56 bits per heavy atom. The SMILES string of the molecule is CCC1CSC(=NCc2c(C)noc2C)N1. The molecule has 0 spiro atoms. The predicted molar refractivity (Wildman–Crippen MR) is 66.8 cm³/mol. The van der Waals surface area contributed by atoms with Gasteiger partial charge in [-0.1, -0.05) is 23.8 Å². The second-order valence-corrected chi connectivity index (χ2v) is 4.99. The molecule has 0 radical (unpaired) electrons. The van der Waals surface area contributed by atoms with Gasteiger partial charge in [0.15, 0.2) is 5.17 Å². The van der Waals surface area contributed by atoms with E-state index in [-0.39, 0.29) is 0 Å². The lowest BCUT2D eigenvalue weighted by Crippen LogP contribution is -2.25. The average Bonchev–Trinajstić information content (AvgIpc) is 2.85. The summed E-state index contributed by atoms with van der Waals surface area (Å²) in [6.07, 6.45) is 1.15. The quantitative estimate of drug-likeness (QED) is 0.879. The first-order chi connectivity index (χ1) is 7.70. The summed E-state index contributed by atoms with van der Waals surface area (Å²) in [6.45, 7) is 6.73. The van der Waals surface area contributed by atoms with Crippen LogP contribution in [0.5, 0.6) is 0 Å². The van der Waals surface area contributed by atoms with Crippen LogP contribution in [0.3, 0.4) is 0 Å². The summed E-state index contributed by atoms with van der Waals surface area (Å²) >= 11 is 1.80. The Morgan fingerprint density at radius 3 is 2.94 bits per heavy atom. The topological polar surface area (TPSA) is 50.4 Å². The lowest BCUT2D eigenvalue weighted by atomic mass is 10.2. The van der Waals surface area contributed by atoms with Gasteiger partial charge in [-0.15, -0.1) is 0 Å². The normalized spacial score (nSPS) is 22.7.